The molecule has 0 fully saturated rings. The Balaban J connectivity index is 1.05. The maximum absolute atomic E-state index is 10.9. The van der Waals surface area contributed by atoms with Crippen LogP contribution in [0, 0.1) is 22.7 Å². The fraction of sp³-hybridized carbons (Fsp3) is 0.0556. The third-order valence-electron chi connectivity index (χ3n) is 15.2. The summed E-state index contributed by atoms with van der Waals surface area (Å²) in [5, 5.41) is 21.2. The van der Waals surface area contributed by atoms with Gasteiger partial charge in [-0.15, -0.1) is 0 Å². The Morgan fingerprint density at radius 1 is 0.405 bits per heavy atom. The Labute approximate surface area is 462 Å². The number of para-hydroxylation sites is 5. The molecule has 11 aromatic carbocycles. The summed E-state index contributed by atoms with van der Waals surface area (Å²) in [5.74, 6) is 1.53. The van der Waals surface area contributed by atoms with Crippen LogP contribution in [0.3, 0.4) is 0 Å². The van der Waals surface area contributed by atoms with Crippen LogP contribution in [-0.2, 0) is 5.41 Å². The normalized spacial score (nSPS) is 12.0. The third-order valence-corrected chi connectivity index (χ3v) is 15.2. The maximum atomic E-state index is 10.9. The van der Waals surface area contributed by atoms with E-state index in [2.05, 4.69) is 278 Å². The van der Waals surface area contributed by atoms with Gasteiger partial charge in [0, 0.05) is 50.8 Å². The molecular weight excluding hydrogens is 962 g/mol. The van der Waals surface area contributed by atoms with E-state index in [1.54, 1.807) is 0 Å². The molecule has 0 spiro atoms. The molecule has 13 rings (SSSR count). The number of anilines is 9. The van der Waals surface area contributed by atoms with Crippen molar-refractivity contribution in [2.75, 3.05) is 14.7 Å². The first-order valence-corrected chi connectivity index (χ1v) is 26.7. The van der Waals surface area contributed by atoms with Crippen molar-refractivity contribution < 1.29 is 4.74 Å². The summed E-state index contributed by atoms with van der Waals surface area (Å²) in [7, 11) is 0. The van der Waals surface area contributed by atoms with Gasteiger partial charge >= 0.3 is 0 Å². The van der Waals surface area contributed by atoms with E-state index in [-0.39, 0.29) is 12.1 Å². The van der Waals surface area contributed by atoms with Gasteiger partial charge in [0.1, 0.15) is 11.5 Å². The average molecular weight is 1010 g/mol. The van der Waals surface area contributed by atoms with Crippen LogP contribution >= 0.6 is 0 Å². The number of ether oxygens (including phenoxy) is 1. The Morgan fingerprint density at radius 2 is 0.937 bits per heavy atom. The summed E-state index contributed by atoms with van der Waals surface area (Å²) in [6, 6.07) is 95.9. The van der Waals surface area contributed by atoms with Crippen molar-refractivity contribution in [3.05, 3.63) is 278 Å². The lowest BCUT2D eigenvalue weighted by molar-refractivity contribution is 0.488. The van der Waals surface area contributed by atoms with Crippen LogP contribution in [0.2, 0.25) is 0 Å². The summed E-state index contributed by atoms with van der Waals surface area (Å²) in [5.41, 5.74) is 20.1. The van der Waals surface area contributed by atoms with E-state index in [4.69, 9.17) is 4.74 Å². The average Bonchev–Trinajstić information content (AvgIpc) is 3.64. The highest BCUT2D eigenvalue weighted by molar-refractivity contribution is 6.99. The molecule has 2 heterocycles. The van der Waals surface area contributed by atoms with E-state index >= 15 is 0 Å². The summed E-state index contributed by atoms with van der Waals surface area (Å²) >= 11 is 0. The van der Waals surface area contributed by atoms with Crippen molar-refractivity contribution in [1.82, 2.24) is 0 Å². The van der Waals surface area contributed by atoms with Crippen molar-refractivity contribution in [3.63, 3.8) is 0 Å². The van der Waals surface area contributed by atoms with Gasteiger partial charge in [-0.25, -0.2) is 0 Å². The van der Waals surface area contributed by atoms with Crippen LogP contribution in [0.5, 0.6) is 11.5 Å². The molecule has 6 nitrogen and oxygen atoms in total. The second kappa shape index (κ2) is 20.0. The first kappa shape index (κ1) is 48.3. The molecule has 7 heteroatoms. The van der Waals surface area contributed by atoms with E-state index in [0.29, 0.717) is 11.1 Å². The molecule has 374 valence electrons. The highest BCUT2D eigenvalue weighted by Crippen LogP contribution is 2.51. The van der Waals surface area contributed by atoms with Gasteiger partial charge in [0.25, 0.3) is 6.71 Å². The first-order valence-electron chi connectivity index (χ1n) is 26.7. The quantitative estimate of drug-likeness (QED) is 0.127. The van der Waals surface area contributed by atoms with Gasteiger partial charge in [-0.2, -0.15) is 10.5 Å². The van der Waals surface area contributed by atoms with Crippen molar-refractivity contribution >= 4 is 74.3 Å². The first-order chi connectivity index (χ1) is 38.7. The predicted octanol–water partition coefficient (Wildman–Crippen LogP) is 17.1. The number of hydrogen-bond acceptors (Lipinski definition) is 6. The zero-order chi connectivity index (χ0) is 53.6. The molecule has 0 atom stereocenters. The lowest BCUT2D eigenvalue weighted by atomic mass is 9.34. The molecule has 79 heavy (non-hydrogen) atoms. The van der Waals surface area contributed by atoms with Gasteiger partial charge in [-0.1, -0.05) is 172 Å². The van der Waals surface area contributed by atoms with Crippen LogP contribution < -0.4 is 35.8 Å². The number of fused-ring (bicyclic) bond motifs is 4. The third kappa shape index (κ3) is 8.65. The number of nitrogens with zero attached hydrogens (tertiary/aromatic N) is 5. The smallest absolute Gasteiger partial charge is 0.256 e. The summed E-state index contributed by atoms with van der Waals surface area (Å²) < 4.78 is 7.18. The Hall–Kier alpha value is -10.3. The van der Waals surface area contributed by atoms with E-state index in [1.165, 1.54) is 0 Å². The Morgan fingerprint density at radius 3 is 1.54 bits per heavy atom. The molecule has 11 aromatic rings. The highest BCUT2D eigenvalue weighted by atomic mass is 16.5. The van der Waals surface area contributed by atoms with Crippen molar-refractivity contribution in [2.45, 2.75) is 26.2 Å². The number of rotatable bonds is 10. The minimum atomic E-state index is -0.355. The van der Waals surface area contributed by atoms with Gasteiger partial charge in [0.05, 0.1) is 40.3 Å². The Bertz CT molecular complexity index is 4110. The fourth-order valence-corrected chi connectivity index (χ4v) is 11.7. The SMILES string of the molecule is CC(C)(C)c1cc(C#N)cc(-c2ccc3c(c2)N(c2ccccc2-c2ccccc2)c2cccc4c2B3c2ccc(-c3cc(C#N)ccc3N(c3ccccc3)c3ccccc3)cc2O4)c1N(c1ccccc1)c1ccccc1. The lowest BCUT2D eigenvalue weighted by Crippen LogP contribution is -2.59. The summed E-state index contributed by atoms with van der Waals surface area (Å²) in [6.07, 6.45) is 0. The molecule has 0 bridgehead atoms. The molecule has 2 aliphatic rings. The number of hydrogen-bond donors (Lipinski definition) is 0. The standard InChI is InChI=1S/C72H52BN5O/c1-72(2,3)61-44-50(48-75)43-60(71(61)77(56-28-15-7-16-29-56)57-30-17-8-18-31-57)52-37-39-62-67(45-52)78(64-33-20-19-32-58(64)51-22-9-4-10-23-51)66-34-21-35-68-70(66)73(62)63-40-38-53(46-69(63)79-68)59-42-49(47-74)36-41-65(59)76(54-24-11-5-12-25-54)55-26-13-6-14-27-55/h4-46H,1-3H3. The molecule has 0 radical (unpaired) electrons. The van der Waals surface area contributed by atoms with E-state index < -0.39 is 0 Å². The molecule has 0 unspecified atom stereocenters. The zero-order valence-corrected chi connectivity index (χ0v) is 44.0. The van der Waals surface area contributed by atoms with Gasteiger partial charge in [0.15, 0.2) is 0 Å². The molecule has 0 N–H and O–H groups in total. The van der Waals surface area contributed by atoms with Crippen molar-refractivity contribution in [2.24, 2.45) is 0 Å². The molecule has 0 aromatic heterocycles. The van der Waals surface area contributed by atoms with Crippen LogP contribution in [0.25, 0.3) is 33.4 Å². The lowest BCUT2D eigenvalue weighted by Gasteiger charge is -2.41. The second-order valence-corrected chi connectivity index (χ2v) is 21.1. The summed E-state index contributed by atoms with van der Waals surface area (Å²) in [4.78, 5) is 7.02. The van der Waals surface area contributed by atoms with E-state index in [0.717, 1.165) is 118 Å². The minimum Gasteiger partial charge on any atom is -0.458 e. The maximum Gasteiger partial charge on any atom is 0.256 e. The van der Waals surface area contributed by atoms with Crippen LogP contribution in [0.1, 0.15) is 37.5 Å². The van der Waals surface area contributed by atoms with Gasteiger partial charge < -0.3 is 19.4 Å². The van der Waals surface area contributed by atoms with Crippen molar-refractivity contribution in [1.29, 1.82) is 10.5 Å². The van der Waals surface area contributed by atoms with Gasteiger partial charge in [-0.05, 0) is 153 Å². The van der Waals surface area contributed by atoms with E-state index in [9.17, 15) is 10.5 Å². The number of nitriles is 2. The molecule has 2 aliphatic heterocycles. The zero-order valence-electron chi connectivity index (χ0n) is 44.0. The molecule has 0 amide bonds. The topological polar surface area (TPSA) is 66.5 Å². The van der Waals surface area contributed by atoms with Gasteiger partial charge in [-0.3, -0.25) is 0 Å². The molecular formula is C72H52BN5O. The number of benzene rings is 11. The molecule has 0 saturated heterocycles. The van der Waals surface area contributed by atoms with Crippen LogP contribution in [0.4, 0.5) is 51.2 Å². The van der Waals surface area contributed by atoms with Crippen molar-refractivity contribution in [3.8, 4) is 57.0 Å². The second-order valence-electron chi connectivity index (χ2n) is 21.1. The Kier molecular flexibility index (Phi) is 12.2. The minimum absolute atomic E-state index is 0.219. The van der Waals surface area contributed by atoms with Crippen LogP contribution in [0.15, 0.2) is 261 Å². The molecule has 0 aliphatic carbocycles. The fourth-order valence-electron chi connectivity index (χ4n) is 11.7. The van der Waals surface area contributed by atoms with E-state index in [1.807, 2.05) is 30.3 Å². The monoisotopic (exact) mass is 1010 g/mol. The summed E-state index contributed by atoms with van der Waals surface area (Å²) in [6.45, 7) is 6.47. The molecule has 0 saturated carbocycles. The van der Waals surface area contributed by atoms with Crippen LogP contribution in [-0.4, -0.2) is 6.71 Å². The van der Waals surface area contributed by atoms with Gasteiger partial charge in [0.2, 0.25) is 0 Å². The largest absolute Gasteiger partial charge is 0.458 e. The highest BCUT2D eigenvalue weighted by Gasteiger charge is 2.43. The predicted molar refractivity (Wildman–Crippen MR) is 326 cm³/mol.